The van der Waals surface area contributed by atoms with Gasteiger partial charge in [0.2, 0.25) is 0 Å². The molecule has 0 spiro atoms. The van der Waals surface area contributed by atoms with Crippen molar-refractivity contribution in [3.8, 4) is 0 Å². The molecular formula is C29H46O2. The summed E-state index contributed by atoms with van der Waals surface area (Å²) in [6.07, 6.45) is 14.2. The van der Waals surface area contributed by atoms with E-state index in [1.165, 1.54) is 37.7 Å². The molecule has 0 aromatic rings. The molecule has 1 N–H and O–H groups in total. The van der Waals surface area contributed by atoms with Crippen LogP contribution in [-0.2, 0) is 4.79 Å². The van der Waals surface area contributed by atoms with Gasteiger partial charge in [-0.05, 0) is 97.7 Å². The van der Waals surface area contributed by atoms with Crippen LogP contribution in [0.4, 0.5) is 0 Å². The van der Waals surface area contributed by atoms with Crippen LogP contribution >= 0.6 is 0 Å². The molecule has 0 aromatic heterocycles. The van der Waals surface area contributed by atoms with Gasteiger partial charge in [-0.3, -0.25) is 4.79 Å². The van der Waals surface area contributed by atoms with Gasteiger partial charge in [0.25, 0.3) is 0 Å². The number of hydrogen-bond acceptors (Lipinski definition) is 2. The van der Waals surface area contributed by atoms with E-state index in [0.717, 1.165) is 25.7 Å². The third-order valence-corrected chi connectivity index (χ3v) is 10.6. The van der Waals surface area contributed by atoms with Crippen LogP contribution in [0.5, 0.6) is 0 Å². The summed E-state index contributed by atoms with van der Waals surface area (Å²) in [6, 6.07) is 0. The molecule has 2 heteroatoms. The third-order valence-electron chi connectivity index (χ3n) is 10.6. The van der Waals surface area contributed by atoms with Crippen molar-refractivity contribution in [2.45, 2.75) is 98.5 Å². The highest BCUT2D eigenvalue weighted by molar-refractivity contribution is 5.82. The van der Waals surface area contributed by atoms with Gasteiger partial charge in [0.05, 0.1) is 6.10 Å². The Kier molecular flexibility index (Phi) is 6.36. The SMILES string of the molecule is C=C(/C=C/C(C)C1CCC2C3C(=O)CC4CC(O)CCC4(C)CC3CCC12C)C(C)C. The Bertz CT molecular complexity index is 735. The van der Waals surface area contributed by atoms with Crippen LogP contribution in [0.1, 0.15) is 92.4 Å². The zero-order valence-electron chi connectivity index (χ0n) is 20.7. The maximum absolute atomic E-state index is 13.7. The van der Waals surface area contributed by atoms with Crippen LogP contribution in [0.15, 0.2) is 24.3 Å². The van der Waals surface area contributed by atoms with Gasteiger partial charge < -0.3 is 5.11 Å². The van der Waals surface area contributed by atoms with Crippen molar-refractivity contribution < 1.29 is 9.90 Å². The molecule has 9 unspecified atom stereocenters. The molecule has 4 rings (SSSR count). The summed E-state index contributed by atoms with van der Waals surface area (Å²) in [4.78, 5) is 13.7. The molecule has 2 nitrogen and oxygen atoms in total. The molecule has 0 bridgehead atoms. The van der Waals surface area contributed by atoms with Crippen LogP contribution in [0.2, 0.25) is 0 Å². The highest BCUT2D eigenvalue weighted by atomic mass is 16.3. The molecule has 174 valence electrons. The number of aliphatic hydroxyl groups excluding tert-OH is 1. The zero-order chi connectivity index (χ0) is 22.6. The molecule has 4 saturated carbocycles. The second kappa shape index (κ2) is 8.47. The molecule has 0 aliphatic heterocycles. The number of Topliss-reactive ketones (excluding diaryl/α,β-unsaturated/α-hetero) is 1. The first-order valence-corrected chi connectivity index (χ1v) is 13.1. The summed E-state index contributed by atoms with van der Waals surface area (Å²) < 4.78 is 0. The zero-order valence-corrected chi connectivity index (χ0v) is 20.7. The number of aliphatic hydroxyl groups is 1. The number of rotatable bonds is 4. The molecule has 0 saturated heterocycles. The summed E-state index contributed by atoms with van der Waals surface area (Å²) in [6.45, 7) is 16.0. The third kappa shape index (κ3) is 4.11. The predicted octanol–water partition coefficient (Wildman–Crippen LogP) is 6.98. The summed E-state index contributed by atoms with van der Waals surface area (Å²) in [7, 11) is 0. The fourth-order valence-corrected chi connectivity index (χ4v) is 8.45. The van der Waals surface area contributed by atoms with E-state index in [0.29, 0.717) is 41.3 Å². The standard InChI is InChI=1S/C29H46O2/c1-18(2)19(3)7-8-20(4)24-9-10-25-27-21(11-14-29(24,25)6)17-28(5)13-12-23(30)15-22(28)16-26(27)31/h7-8,18,20-25,27,30H,3,9-17H2,1-2,4-6H3/b8-7+. The van der Waals surface area contributed by atoms with Gasteiger partial charge in [-0.1, -0.05) is 58.9 Å². The lowest BCUT2D eigenvalue weighted by atomic mass is 9.54. The predicted molar refractivity (Wildman–Crippen MR) is 129 cm³/mol. The van der Waals surface area contributed by atoms with Crippen LogP contribution in [0.25, 0.3) is 0 Å². The maximum Gasteiger partial charge on any atom is 0.136 e. The Hall–Kier alpha value is -0.890. The lowest BCUT2D eigenvalue weighted by Gasteiger charge is -2.50. The van der Waals surface area contributed by atoms with E-state index < -0.39 is 0 Å². The number of carbonyl (C=O) groups excluding carboxylic acids is 1. The molecule has 0 aromatic carbocycles. The summed E-state index contributed by atoms with van der Waals surface area (Å²) in [5.41, 5.74) is 1.76. The number of ketones is 1. The first-order chi connectivity index (χ1) is 14.5. The monoisotopic (exact) mass is 426 g/mol. The lowest BCUT2D eigenvalue weighted by molar-refractivity contribution is -0.132. The fraction of sp³-hybridized carbons (Fsp3) is 0.828. The Balaban J connectivity index is 1.55. The Labute approximate surface area is 191 Å². The molecule has 0 heterocycles. The minimum Gasteiger partial charge on any atom is -0.393 e. The normalized spacial score (nSPS) is 46.4. The van der Waals surface area contributed by atoms with Crippen molar-refractivity contribution in [2.24, 2.45) is 52.3 Å². The van der Waals surface area contributed by atoms with Crippen LogP contribution in [0.3, 0.4) is 0 Å². The summed E-state index contributed by atoms with van der Waals surface area (Å²) >= 11 is 0. The Morgan fingerprint density at radius 3 is 2.58 bits per heavy atom. The molecule has 0 radical (unpaired) electrons. The number of allylic oxidation sites excluding steroid dienone is 3. The first-order valence-electron chi connectivity index (χ1n) is 13.1. The van der Waals surface area contributed by atoms with Crippen molar-refractivity contribution >= 4 is 5.78 Å². The van der Waals surface area contributed by atoms with E-state index in [2.05, 4.69) is 53.3 Å². The Morgan fingerprint density at radius 1 is 1.13 bits per heavy atom. The highest BCUT2D eigenvalue weighted by Crippen LogP contribution is 2.64. The molecule has 31 heavy (non-hydrogen) atoms. The average molecular weight is 427 g/mol. The lowest BCUT2D eigenvalue weighted by Crippen LogP contribution is -2.45. The van der Waals surface area contributed by atoms with Crippen LogP contribution in [0, 0.1) is 52.3 Å². The van der Waals surface area contributed by atoms with Crippen LogP contribution < -0.4 is 0 Å². The van der Waals surface area contributed by atoms with Crippen LogP contribution in [-0.4, -0.2) is 17.0 Å². The van der Waals surface area contributed by atoms with Crippen molar-refractivity contribution in [1.82, 2.24) is 0 Å². The fourth-order valence-electron chi connectivity index (χ4n) is 8.45. The van der Waals surface area contributed by atoms with E-state index in [1.807, 2.05) is 0 Å². The van der Waals surface area contributed by atoms with Gasteiger partial charge in [0.15, 0.2) is 0 Å². The van der Waals surface area contributed by atoms with E-state index in [-0.39, 0.29) is 22.9 Å². The van der Waals surface area contributed by atoms with E-state index in [1.54, 1.807) is 0 Å². The highest BCUT2D eigenvalue weighted by Gasteiger charge is 2.59. The summed E-state index contributed by atoms with van der Waals surface area (Å²) in [5, 5.41) is 10.3. The van der Waals surface area contributed by atoms with Crippen molar-refractivity contribution in [3.05, 3.63) is 24.3 Å². The van der Waals surface area contributed by atoms with Gasteiger partial charge in [0.1, 0.15) is 5.78 Å². The van der Waals surface area contributed by atoms with Gasteiger partial charge in [-0.25, -0.2) is 0 Å². The van der Waals surface area contributed by atoms with Crippen molar-refractivity contribution in [1.29, 1.82) is 0 Å². The largest absolute Gasteiger partial charge is 0.393 e. The Morgan fingerprint density at radius 2 is 1.87 bits per heavy atom. The van der Waals surface area contributed by atoms with E-state index >= 15 is 0 Å². The number of carbonyl (C=O) groups is 1. The summed E-state index contributed by atoms with van der Waals surface area (Å²) in [5.74, 6) is 4.04. The average Bonchev–Trinajstić information content (AvgIpc) is 3.00. The smallest absolute Gasteiger partial charge is 0.136 e. The first kappa shape index (κ1) is 23.3. The molecule has 0 amide bonds. The van der Waals surface area contributed by atoms with Gasteiger partial charge in [0, 0.05) is 12.3 Å². The molecule has 4 aliphatic carbocycles. The van der Waals surface area contributed by atoms with E-state index in [4.69, 9.17) is 0 Å². The maximum atomic E-state index is 13.7. The van der Waals surface area contributed by atoms with Gasteiger partial charge in [-0.2, -0.15) is 0 Å². The number of hydrogen-bond donors (Lipinski definition) is 1. The molecule has 4 aliphatic rings. The van der Waals surface area contributed by atoms with Gasteiger partial charge >= 0.3 is 0 Å². The van der Waals surface area contributed by atoms with Crippen molar-refractivity contribution in [3.63, 3.8) is 0 Å². The number of fused-ring (bicyclic) bond motifs is 4. The molecular weight excluding hydrogens is 380 g/mol. The molecule has 4 fully saturated rings. The van der Waals surface area contributed by atoms with E-state index in [9.17, 15) is 9.90 Å². The minimum absolute atomic E-state index is 0.194. The second-order valence-electron chi connectivity index (χ2n) is 12.7. The minimum atomic E-state index is -0.194. The topological polar surface area (TPSA) is 37.3 Å². The second-order valence-corrected chi connectivity index (χ2v) is 12.7. The van der Waals surface area contributed by atoms with Crippen molar-refractivity contribution in [2.75, 3.05) is 0 Å². The van der Waals surface area contributed by atoms with Gasteiger partial charge in [-0.15, -0.1) is 0 Å². The quantitative estimate of drug-likeness (QED) is 0.492. The molecule has 9 atom stereocenters.